The molecule has 4 nitrogen and oxygen atoms in total. The van der Waals surface area contributed by atoms with Crippen LogP contribution in [0.4, 0.5) is 0 Å². The van der Waals surface area contributed by atoms with Crippen LogP contribution < -0.4 is 0 Å². The van der Waals surface area contributed by atoms with Crippen molar-refractivity contribution >= 4 is 0 Å². The maximum atomic E-state index is 9.15. The molecule has 6 heteroatoms. The quantitative estimate of drug-likeness (QED) is 0.499. The molecule has 0 atom stereocenters. The molecule has 0 fully saturated rings. The molecule has 40 valence electrons. The Hall–Kier alpha value is 0.559. The molecule has 0 saturated heterocycles. The second-order valence-corrected chi connectivity index (χ2v) is 1.51. The van der Waals surface area contributed by atoms with Crippen molar-refractivity contribution in [2.45, 2.75) is 0 Å². The van der Waals surface area contributed by atoms with Gasteiger partial charge in [-0.2, -0.15) is 0 Å². The predicted octanol–water partition coefficient (Wildman–Crippen LogP) is -1.14. The fourth-order valence-corrected chi connectivity index (χ4v) is 0.165. The van der Waals surface area contributed by atoms with Crippen molar-refractivity contribution in [3.8, 4) is 0 Å². The van der Waals surface area contributed by atoms with E-state index in [0.29, 0.717) is 0 Å². The average Bonchev–Trinajstić information content (AvgIpc) is 1.41. The van der Waals surface area contributed by atoms with Gasteiger partial charge in [-0.15, -0.1) is 0 Å². The summed E-state index contributed by atoms with van der Waals surface area (Å²) in [4.78, 5) is 0. The third kappa shape index (κ3) is 8.82. The molecule has 0 amide bonds. The van der Waals surface area contributed by atoms with Crippen molar-refractivity contribution < 1.29 is 46.5 Å². The third-order valence-corrected chi connectivity index (χ3v) is 0.810. The van der Waals surface area contributed by atoms with E-state index in [0.717, 1.165) is 0 Å². The van der Waals surface area contributed by atoms with Crippen molar-refractivity contribution in [3.63, 3.8) is 0 Å². The van der Waals surface area contributed by atoms with Crippen LogP contribution in [0.25, 0.3) is 0 Å². The van der Waals surface area contributed by atoms with Crippen molar-refractivity contribution in [2.24, 2.45) is 0 Å². The van der Waals surface area contributed by atoms with Crippen molar-refractivity contribution in [3.05, 3.63) is 0 Å². The van der Waals surface area contributed by atoms with E-state index in [9.17, 15) is 0 Å². The summed E-state index contributed by atoms with van der Waals surface area (Å²) in [6, 6.07) is 0. The van der Waals surface area contributed by atoms with Gasteiger partial charge in [0.2, 0.25) is 0 Å². The second kappa shape index (κ2) is 9.12. The standard InChI is InChI=1S/2Mn.H2O.3O/h;;1H2;;;. The molecule has 0 aromatic heterocycles. The van der Waals surface area contributed by atoms with Crippen LogP contribution >= 0.6 is 0 Å². The van der Waals surface area contributed by atoms with Crippen molar-refractivity contribution in [1.82, 2.24) is 0 Å². The first-order valence-electron chi connectivity index (χ1n) is 0.617. The van der Waals surface area contributed by atoms with Gasteiger partial charge in [0.15, 0.2) is 0 Å². The molecule has 0 aliphatic carbocycles. The minimum atomic E-state index is -0.914. The number of hydrogen-bond acceptors (Lipinski definition) is 3. The van der Waals surface area contributed by atoms with Gasteiger partial charge < -0.3 is 5.48 Å². The van der Waals surface area contributed by atoms with Gasteiger partial charge in [-0.1, -0.05) is 0 Å². The topological polar surface area (TPSA) is 74.9 Å². The minimum absolute atomic E-state index is 0. The summed E-state index contributed by atoms with van der Waals surface area (Å²) >= 11 is -1.83. The van der Waals surface area contributed by atoms with E-state index in [1.807, 2.05) is 0 Å². The summed E-state index contributed by atoms with van der Waals surface area (Å²) in [6.07, 6.45) is 0. The fraction of sp³-hybridized carbons (Fsp3) is 0. The van der Waals surface area contributed by atoms with Gasteiger partial charge in [0, 0.05) is 0 Å². The van der Waals surface area contributed by atoms with E-state index in [1.165, 1.54) is 0 Å². The maximum absolute atomic E-state index is 9.15. The molecule has 0 bridgehead atoms. The van der Waals surface area contributed by atoms with Gasteiger partial charge in [0.05, 0.1) is 0 Å². The zero-order valence-corrected chi connectivity index (χ0v) is 4.84. The molecule has 0 aliphatic rings. The molecule has 0 saturated carbocycles. The molecule has 0 aromatic rings. The molecule has 6 heavy (non-hydrogen) atoms. The van der Waals surface area contributed by atoms with Gasteiger partial charge in [-0.3, -0.25) is 0 Å². The first-order chi connectivity index (χ1) is 2.41. The van der Waals surface area contributed by atoms with Gasteiger partial charge >= 0.3 is 41.0 Å². The van der Waals surface area contributed by atoms with E-state index in [-0.39, 0.29) is 5.48 Å². The van der Waals surface area contributed by atoms with Crippen molar-refractivity contribution in [2.75, 3.05) is 0 Å². The summed E-state index contributed by atoms with van der Waals surface area (Å²) in [5.41, 5.74) is 0. The summed E-state index contributed by atoms with van der Waals surface area (Å²) in [7, 11) is 0. The molecule has 0 aliphatic heterocycles. The molecular weight excluding hydrogens is 174 g/mol. The van der Waals surface area contributed by atoms with Crippen LogP contribution in [-0.2, 0) is 41.0 Å². The molecule has 2 N–H and O–H groups in total. The van der Waals surface area contributed by atoms with Crippen LogP contribution in [0.1, 0.15) is 0 Å². The fourth-order valence-electron chi connectivity index (χ4n) is 0.00972. The molecule has 0 heterocycles. The molecule has 0 spiro atoms. The first kappa shape index (κ1) is 9.75. The van der Waals surface area contributed by atoms with Gasteiger partial charge in [0.1, 0.15) is 0 Å². The zero-order valence-electron chi connectivity index (χ0n) is 2.48. The Bertz CT molecular complexity index is 34.8. The van der Waals surface area contributed by atoms with Crippen LogP contribution in [-0.4, -0.2) is 5.48 Å². The van der Waals surface area contributed by atoms with Crippen LogP contribution in [0.15, 0.2) is 0 Å². The van der Waals surface area contributed by atoms with Crippen LogP contribution in [0.5, 0.6) is 0 Å². The molecular formula is H2Mn2O4. The SMILES string of the molecule is O.[O]=[Mn][O][Mn]=[O]. The molecule has 0 aromatic carbocycles. The molecule has 0 unspecified atom stereocenters. The van der Waals surface area contributed by atoms with Crippen LogP contribution in [0, 0.1) is 0 Å². The van der Waals surface area contributed by atoms with Crippen molar-refractivity contribution in [1.29, 1.82) is 0 Å². The number of hydrogen-bond donors (Lipinski definition) is 0. The Morgan fingerprint density at radius 2 is 1.50 bits per heavy atom. The Balaban J connectivity index is 0. The summed E-state index contributed by atoms with van der Waals surface area (Å²) in [5.74, 6) is 0. The van der Waals surface area contributed by atoms with E-state index < -0.39 is 30.4 Å². The number of rotatable bonds is 2. The van der Waals surface area contributed by atoms with E-state index >= 15 is 0 Å². The summed E-state index contributed by atoms with van der Waals surface area (Å²) in [6.45, 7) is 0. The van der Waals surface area contributed by atoms with Crippen LogP contribution in [0.2, 0.25) is 0 Å². The van der Waals surface area contributed by atoms with Gasteiger partial charge in [-0.05, 0) is 0 Å². The average molecular weight is 176 g/mol. The van der Waals surface area contributed by atoms with Crippen LogP contribution in [0.3, 0.4) is 0 Å². The Morgan fingerprint density at radius 1 is 1.17 bits per heavy atom. The molecule has 0 rings (SSSR count). The normalized spacial score (nSPS) is 6.67. The van der Waals surface area contributed by atoms with Gasteiger partial charge in [-0.25, -0.2) is 0 Å². The third-order valence-electron chi connectivity index (χ3n) is 0.0476. The molecule has 0 radical (unpaired) electrons. The Labute approximate surface area is 46.9 Å². The second-order valence-electron chi connectivity index (χ2n) is 0.184. The van der Waals surface area contributed by atoms with Gasteiger partial charge in [0.25, 0.3) is 0 Å². The predicted molar refractivity (Wildman–Crippen MR) is 6.07 cm³/mol. The van der Waals surface area contributed by atoms with E-state index in [2.05, 4.69) is 2.90 Å². The monoisotopic (exact) mass is 176 g/mol. The summed E-state index contributed by atoms with van der Waals surface area (Å²) in [5, 5.41) is 0. The Kier molecular flexibility index (Phi) is 14.8. The first-order valence-corrected chi connectivity index (χ1v) is 2.54. The Morgan fingerprint density at radius 3 is 1.50 bits per heavy atom. The summed E-state index contributed by atoms with van der Waals surface area (Å²) < 4.78 is 22.1. The zero-order chi connectivity index (χ0) is 4.12. The van der Waals surface area contributed by atoms with E-state index in [4.69, 9.17) is 7.67 Å². The van der Waals surface area contributed by atoms with E-state index in [1.54, 1.807) is 0 Å².